The number of esters is 2. The molecule has 0 spiro atoms. The second kappa shape index (κ2) is 16.7. The molecule has 0 heterocycles. The first kappa shape index (κ1) is 22.9. The van der Waals surface area contributed by atoms with Gasteiger partial charge in [0.25, 0.3) is 0 Å². The summed E-state index contributed by atoms with van der Waals surface area (Å²) in [4.78, 5) is 22.0. The lowest BCUT2D eigenvalue weighted by Crippen LogP contribution is -2.13. The van der Waals surface area contributed by atoms with Gasteiger partial charge in [-0.25, -0.2) is 4.79 Å². The predicted molar refractivity (Wildman–Crippen MR) is 102 cm³/mol. The van der Waals surface area contributed by atoms with Crippen LogP contribution in [-0.2, 0) is 19.1 Å². The zero-order valence-electron chi connectivity index (χ0n) is 15.8. The van der Waals surface area contributed by atoms with E-state index in [-0.39, 0.29) is 18.0 Å². The second-order valence-corrected chi connectivity index (χ2v) is 5.74. The molecule has 0 aromatic rings. The Morgan fingerprint density at radius 1 is 0.880 bits per heavy atom. The quantitative estimate of drug-likeness (QED) is 0.202. The van der Waals surface area contributed by atoms with Crippen molar-refractivity contribution >= 4 is 11.9 Å². The normalized spacial score (nSPS) is 13.2. The topological polar surface area (TPSA) is 52.6 Å². The molecule has 0 aromatic carbocycles. The van der Waals surface area contributed by atoms with Gasteiger partial charge in [-0.15, -0.1) is 0 Å². The monoisotopic (exact) mass is 348 g/mol. The SMILES string of the molecule is CCCCCCCCC(/C=C/C=C/C=C/C=C/C(=O)OC)OC(C)=O. The van der Waals surface area contributed by atoms with Gasteiger partial charge in [0, 0.05) is 13.0 Å². The minimum atomic E-state index is -0.382. The van der Waals surface area contributed by atoms with Gasteiger partial charge in [0.1, 0.15) is 6.10 Å². The van der Waals surface area contributed by atoms with Crippen LogP contribution in [0, 0.1) is 0 Å². The molecule has 4 heteroatoms. The van der Waals surface area contributed by atoms with Gasteiger partial charge in [0.15, 0.2) is 0 Å². The van der Waals surface area contributed by atoms with E-state index in [9.17, 15) is 9.59 Å². The average molecular weight is 348 g/mol. The van der Waals surface area contributed by atoms with Crippen LogP contribution < -0.4 is 0 Å². The number of carbonyl (C=O) groups excluding carboxylic acids is 2. The average Bonchev–Trinajstić information content (AvgIpc) is 2.59. The summed E-state index contributed by atoms with van der Waals surface area (Å²) in [5.41, 5.74) is 0. The first-order valence-corrected chi connectivity index (χ1v) is 9.03. The molecule has 1 atom stereocenters. The van der Waals surface area contributed by atoms with Crippen LogP contribution >= 0.6 is 0 Å². The largest absolute Gasteiger partial charge is 0.466 e. The fourth-order valence-corrected chi connectivity index (χ4v) is 2.18. The molecule has 0 aliphatic rings. The van der Waals surface area contributed by atoms with Gasteiger partial charge >= 0.3 is 11.9 Å². The Labute approximate surface area is 152 Å². The summed E-state index contributed by atoms with van der Waals surface area (Å²) >= 11 is 0. The van der Waals surface area contributed by atoms with Crippen LogP contribution in [-0.4, -0.2) is 25.2 Å². The molecule has 0 saturated heterocycles. The number of unbranched alkanes of at least 4 members (excludes halogenated alkanes) is 5. The Morgan fingerprint density at radius 3 is 2.12 bits per heavy atom. The number of hydrogen-bond donors (Lipinski definition) is 0. The van der Waals surface area contributed by atoms with E-state index in [0.717, 1.165) is 12.8 Å². The van der Waals surface area contributed by atoms with Crippen LogP contribution in [0.15, 0.2) is 48.6 Å². The van der Waals surface area contributed by atoms with E-state index >= 15 is 0 Å². The Morgan fingerprint density at radius 2 is 1.48 bits per heavy atom. The third-order valence-corrected chi connectivity index (χ3v) is 3.47. The number of rotatable bonds is 13. The second-order valence-electron chi connectivity index (χ2n) is 5.74. The molecule has 0 bridgehead atoms. The number of methoxy groups -OCH3 is 1. The minimum Gasteiger partial charge on any atom is -0.466 e. The van der Waals surface area contributed by atoms with Crippen molar-refractivity contribution in [2.45, 2.75) is 64.9 Å². The standard InChI is InChI=1S/C21H32O4/c1-4-5-6-7-10-13-16-20(25-19(2)22)17-14-11-8-9-12-15-18-21(23)24-3/h8-9,11-12,14-15,17-18,20H,4-7,10,13,16H2,1-3H3/b11-8+,12-9+,17-14+,18-15+. The third-order valence-electron chi connectivity index (χ3n) is 3.47. The molecule has 0 N–H and O–H groups in total. The molecule has 140 valence electrons. The Balaban J connectivity index is 4.18. The molecule has 0 fully saturated rings. The van der Waals surface area contributed by atoms with Crippen LogP contribution in [0.1, 0.15) is 58.8 Å². The van der Waals surface area contributed by atoms with E-state index in [2.05, 4.69) is 11.7 Å². The highest BCUT2D eigenvalue weighted by Crippen LogP contribution is 2.11. The summed E-state index contributed by atoms with van der Waals surface area (Å²) in [5, 5.41) is 0. The number of ether oxygens (including phenoxy) is 2. The van der Waals surface area contributed by atoms with Crippen LogP contribution in [0.2, 0.25) is 0 Å². The summed E-state index contributed by atoms with van der Waals surface area (Å²) in [5.74, 6) is -0.634. The Hall–Kier alpha value is -2.10. The molecule has 0 radical (unpaired) electrons. The van der Waals surface area contributed by atoms with E-state index in [4.69, 9.17) is 4.74 Å². The molecule has 0 aromatic heterocycles. The number of carbonyl (C=O) groups is 2. The maximum atomic E-state index is 11.2. The maximum absolute atomic E-state index is 11.2. The van der Waals surface area contributed by atoms with E-state index < -0.39 is 0 Å². The van der Waals surface area contributed by atoms with Gasteiger partial charge in [-0.1, -0.05) is 75.5 Å². The zero-order valence-corrected chi connectivity index (χ0v) is 15.8. The molecule has 0 saturated carbocycles. The van der Waals surface area contributed by atoms with Crippen molar-refractivity contribution in [2.75, 3.05) is 7.11 Å². The zero-order chi connectivity index (χ0) is 18.8. The molecule has 1 unspecified atom stereocenters. The van der Waals surface area contributed by atoms with Gasteiger partial charge in [-0.05, 0) is 18.9 Å². The van der Waals surface area contributed by atoms with Crippen LogP contribution in [0.3, 0.4) is 0 Å². The predicted octanol–water partition coefficient (Wildman–Crippen LogP) is 5.07. The molecule has 0 amide bonds. The Kier molecular flexibility index (Phi) is 15.3. The molecule has 4 nitrogen and oxygen atoms in total. The molecular formula is C21H32O4. The van der Waals surface area contributed by atoms with E-state index in [1.807, 2.05) is 24.3 Å². The highest BCUT2D eigenvalue weighted by Gasteiger charge is 2.07. The van der Waals surface area contributed by atoms with Crippen molar-refractivity contribution < 1.29 is 19.1 Å². The van der Waals surface area contributed by atoms with E-state index in [1.54, 1.807) is 18.2 Å². The van der Waals surface area contributed by atoms with Crippen molar-refractivity contribution in [3.8, 4) is 0 Å². The fraction of sp³-hybridized carbons (Fsp3) is 0.524. The number of hydrogen-bond acceptors (Lipinski definition) is 4. The summed E-state index contributed by atoms with van der Waals surface area (Å²) in [6, 6.07) is 0. The molecular weight excluding hydrogens is 316 g/mol. The van der Waals surface area contributed by atoms with Gasteiger partial charge < -0.3 is 9.47 Å². The fourth-order valence-electron chi connectivity index (χ4n) is 2.18. The summed E-state index contributed by atoms with van der Waals surface area (Å²) in [6.07, 6.45) is 22.0. The maximum Gasteiger partial charge on any atom is 0.330 e. The van der Waals surface area contributed by atoms with Gasteiger partial charge in [-0.3, -0.25) is 4.79 Å². The number of allylic oxidation sites excluding steroid dienone is 6. The molecule has 0 aliphatic heterocycles. The lowest BCUT2D eigenvalue weighted by Gasteiger charge is -2.12. The van der Waals surface area contributed by atoms with Crippen molar-refractivity contribution in [1.29, 1.82) is 0 Å². The van der Waals surface area contributed by atoms with Crippen molar-refractivity contribution in [3.05, 3.63) is 48.6 Å². The van der Waals surface area contributed by atoms with Crippen molar-refractivity contribution in [2.24, 2.45) is 0 Å². The van der Waals surface area contributed by atoms with Crippen molar-refractivity contribution in [3.63, 3.8) is 0 Å². The first-order chi connectivity index (χ1) is 12.1. The minimum absolute atomic E-state index is 0.170. The lowest BCUT2D eigenvalue weighted by atomic mass is 10.1. The summed E-state index contributed by atoms with van der Waals surface area (Å²) in [6.45, 7) is 3.65. The van der Waals surface area contributed by atoms with Crippen molar-refractivity contribution in [1.82, 2.24) is 0 Å². The van der Waals surface area contributed by atoms with E-state index in [0.29, 0.717) is 0 Å². The van der Waals surface area contributed by atoms with Crippen LogP contribution in [0.4, 0.5) is 0 Å². The highest BCUT2D eigenvalue weighted by molar-refractivity contribution is 5.82. The first-order valence-electron chi connectivity index (χ1n) is 9.03. The summed E-state index contributed by atoms with van der Waals surface area (Å²) in [7, 11) is 1.34. The Bertz CT molecular complexity index is 472. The molecule has 0 rings (SSSR count). The highest BCUT2D eigenvalue weighted by atomic mass is 16.5. The van der Waals surface area contributed by atoms with E-state index in [1.165, 1.54) is 52.2 Å². The molecule has 0 aliphatic carbocycles. The third kappa shape index (κ3) is 16.5. The smallest absolute Gasteiger partial charge is 0.330 e. The van der Waals surface area contributed by atoms with Gasteiger partial charge in [0.05, 0.1) is 7.11 Å². The van der Waals surface area contributed by atoms with Crippen LogP contribution in [0.25, 0.3) is 0 Å². The molecule has 25 heavy (non-hydrogen) atoms. The van der Waals surface area contributed by atoms with Gasteiger partial charge in [0.2, 0.25) is 0 Å². The lowest BCUT2D eigenvalue weighted by molar-refractivity contribution is -0.144. The summed E-state index contributed by atoms with van der Waals surface area (Å²) < 4.78 is 9.80. The van der Waals surface area contributed by atoms with Gasteiger partial charge in [-0.2, -0.15) is 0 Å². The van der Waals surface area contributed by atoms with Crippen LogP contribution in [0.5, 0.6) is 0 Å².